The normalized spacial score (nSPS) is 20.0. The minimum Gasteiger partial charge on any atom is -0.736 e. The van der Waals surface area contributed by atoms with Crippen molar-refractivity contribution in [3.05, 3.63) is 57.6 Å². The zero-order valence-corrected chi connectivity index (χ0v) is 22.1. The predicted molar refractivity (Wildman–Crippen MR) is 116 cm³/mol. The molecular formula is C24H32NaO4P. The third-order valence-corrected chi connectivity index (χ3v) is 6.46. The fraction of sp³-hybridized carbons (Fsp3) is 0.500. The van der Waals surface area contributed by atoms with Crippen LogP contribution in [0.2, 0.25) is 0 Å². The summed E-state index contributed by atoms with van der Waals surface area (Å²) >= 11 is 0. The predicted octanol–water partition coefficient (Wildman–Crippen LogP) is 3.66. The molecule has 1 heterocycles. The maximum absolute atomic E-state index is 12.6. The standard InChI is InChI=1S/C24H33O4P.Na/c1-6-7-8-9-10-11-20-21-14-16(2)12-18(4)23(21)27-29(25,26)28-24-19(5)13-17(3)15-22(20)24;/h12-15,20H,6-11H2,1-5H3,(H,25,26);/q;+1/p-1. The van der Waals surface area contributed by atoms with Crippen LogP contribution in [0.1, 0.15) is 84.7 Å². The molecule has 0 aromatic heterocycles. The molecule has 2 aromatic carbocycles. The van der Waals surface area contributed by atoms with Gasteiger partial charge in [0.25, 0.3) is 0 Å². The molecule has 0 radical (unpaired) electrons. The summed E-state index contributed by atoms with van der Waals surface area (Å²) in [7, 11) is -4.52. The molecule has 30 heavy (non-hydrogen) atoms. The Hall–Kier alpha value is -0.770. The van der Waals surface area contributed by atoms with Crippen LogP contribution in [0.5, 0.6) is 11.5 Å². The molecule has 158 valence electrons. The Kier molecular flexibility index (Phi) is 9.09. The van der Waals surface area contributed by atoms with Crippen LogP contribution in [0.25, 0.3) is 0 Å². The van der Waals surface area contributed by atoms with Crippen LogP contribution >= 0.6 is 7.82 Å². The molecule has 0 N–H and O–H groups in total. The van der Waals surface area contributed by atoms with Gasteiger partial charge in [-0.2, -0.15) is 0 Å². The Morgan fingerprint density at radius 2 is 1.30 bits per heavy atom. The van der Waals surface area contributed by atoms with E-state index in [4.69, 9.17) is 9.05 Å². The largest absolute Gasteiger partial charge is 1.00 e. The molecule has 0 spiro atoms. The smallest absolute Gasteiger partial charge is 0.736 e. The summed E-state index contributed by atoms with van der Waals surface area (Å²) < 4.78 is 23.7. The van der Waals surface area contributed by atoms with Crippen molar-refractivity contribution in [3.63, 3.8) is 0 Å². The minimum atomic E-state index is -4.52. The average molecular weight is 438 g/mol. The van der Waals surface area contributed by atoms with E-state index in [9.17, 15) is 9.46 Å². The number of hydrogen-bond donors (Lipinski definition) is 0. The zero-order chi connectivity index (χ0) is 21.2. The molecule has 1 aliphatic rings. The molecule has 0 bridgehead atoms. The van der Waals surface area contributed by atoms with Crippen molar-refractivity contribution in [2.45, 2.75) is 79.1 Å². The van der Waals surface area contributed by atoms with Crippen molar-refractivity contribution >= 4 is 7.82 Å². The number of rotatable bonds is 6. The van der Waals surface area contributed by atoms with Crippen LogP contribution in [0.3, 0.4) is 0 Å². The van der Waals surface area contributed by atoms with Gasteiger partial charge in [0.05, 0.1) is 0 Å². The van der Waals surface area contributed by atoms with Crippen LogP contribution in [-0.4, -0.2) is 0 Å². The number of benzene rings is 2. The van der Waals surface area contributed by atoms with Gasteiger partial charge in [0.2, 0.25) is 0 Å². The summed E-state index contributed by atoms with van der Waals surface area (Å²) in [5.74, 6) is 0.897. The second-order valence-corrected chi connectivity index (χ2v) is 9.65. The summed E-state index contributed by atoms with van der Waals surface area (Å²) in [5.41, 5.74) is 5.75. The summed E-state index contributed by atoms with van der Waals surface area (Å²) in [6, 6.07) is 8.07. The number of aryl methyl sites for hydroxylation is 4. The average Bonchev–Trinajstić information content (AvgIpc) is 2.62. The van der Waals surface area contributed by atoms with E-state index in [1.807, 2.05) is 39.8 Å². The van der Waals surface area contributed by atoms with E-state index in [-0.39, 0.29) is 35.5 Å². The van der Waals surface area contributed by atoms with Gasteiger partial charge in [-0.25, -0.2) is 4.57 Å². The Labute approximate surface area is 203 Å². The van der Waals surface area contributed by atoms with Gasteiger partial charge in [0.1, 0.15) is 11.5 Å². The molecule has 0 atom stereocenters. The molecule has 2 aromatic rings. The first-order valence-corrected chi connectivity index (χ1v) is 12.1. The van der Waals surface area contributed by atoms with Crippen molar-refractivity contribution in [2.24, 2.45) is 0 Å². The molecule has 0 aliphatic carbocycles. The molecule has 3 rings (SSSR count). The van der Waals surface area contributed by atoms with E-state index in [2.05, 4.69) is 19.1 Å². The van der Waals surface area contributed by atoms with E-state index in [1.165, 1.54) is 25.7 Å². The Morgan fingerprint density at radius 3 is 1.77 bits per heavy atom. The van der Waals surface area contributed by atoms with Crippen molar-refractivity contribution < 1.29 is 48.1 Å². The Morgan fingerprint density at radius 1 is 0.833 bits per heavy atom. The van der Waals surface area contributed by atoms with Crippen molar-refractivity contribution in [1.29, 1.82) is 0 Å². The van der Waals surface area contributed by atoms with Gasteiger partial charge in [-0.15, -0.1) is 0 Å². The van der Waals surface area contributed by atoms with Crippen LogP contribution < -0.4 is 43.5 Å². The molecular weight excluding hydrogens is 406 g/mol. The third kappa shape index (κ3) is 5.93. The van der Waals surface area contributed by atoms with Gasteiger partial charge in [0.15, 0.2) is 0 Å². The minimum absolute atomic E-state index is 0. The third-order valence-electron chi connectivity index (χ3n) is 5.65. The number of phosphoric acid groups is 1. The van der Waals surface area contributed by atoms with Crippen LogP contribution in [-0.2, 0) is 4.57 Å². The second-order valence-electron chi connectivity index (χ2n) is 8.39. The fourth-order valence-electron chi connectivity index (χ4n) is 4.41. The van der Waals surface area contributed by atoms with Crippen molar-refractivity contribution in [2.75, 3.05) is 0 Å². The fourth-order valence-corrected chi connectivity index (χ4v) is 5.40. The number of fused-ring (bicyclic) bond motifs is 2. The van der Waals surface area contributed by atoms with Gasteiger partial charge in [-0.05, 0) is 45.2 Å². The number of phosphoric ester groups is 1. The summed E-state index contributed by atoms with van der Waals surface area (Å²) in [6.45, 7) is 10.1. The molecule has 0 unspecified atom stereocenters. The van der Waals surface area contributed by atoms with E-state index >= 15 is 0 Å². The molecule has 6 heteroatoms. The maximum Gasteiger partial charge on any atom is 1.00 e. The summed E-state index contributed by atoms with van der Waals surface area (Å²) in [6.07, 6.45) is 6.88. The monoisotopic (exact) mass is 438 g/mol. The molecule has 0 saturated carbocycles. The van der Waals surface area contributed by atoms with E-state index < -0.39 is 7.82 Å². The van der Waals surface area contributed by atoms with E-state index in [1.54, 1.807) is 0 Å². The van der Waals surface area contributed by atoms with Crippen molar-refractivity contribution in [3.8, 4) is 11.5 Å². The van der Waals surface area contributed by atoms with Crippen molar-refractivity contribution in [1.82, 2.24) is 0 Å². The second kappa shape index (κ2) is 10.7. The molecule has 0 fully saturated rings. The quantitative estimate of drug-likeness (QED) is 0.392. The topological polar surface area (TPSA) is 58.6 Å². The summed E-state index contributed by atoms with van der Waals surface area (Å²) in [5, 5.41) is 0. The summed E-state index contributed by atoms with van der Waals surface area (Å²) in [4.78, 5) is 12.6. The van der Waals surface area contributed by atoms with Gasteiger partial charge in [-0.1, -0.05) is 74.4 Å². The first-order valence-electron chi connectivity index (χ1n) is 10.6. The molecule has 0 amide bonds. The van der Waals surface area contributed by atoms with E-state index in [0.717, 1.165) is 46.2 Å². The first kappa shape index (κ1) is 25.5. The van der Waals surface area contributed by atoms with Crippen LogP contribution in [0.15, 0.2) is 24.3 Å². The molecule has 4 nitrogen and oxygen atoms in total. The number of unbranched alkanes of at least 4 members (excludes halogenated alkanes) is 4. The van der Waals surface area contributed by atoms with Gasteiger partial charge < -0.3 is 13.9 Å². The van der Waals surface area contributed by atoms with Crippen LogP contribution in [0, 0.1) is 27.7 Å². The van der Waals surface area contributed by atoms with Gasteiger partial charge in [0, 0.05) is 17.0 Å². The van der Waals surface area contributed by atoms with E-state index in [0.29, 0.717) is 11.5 Å². The SMILES string of the molecule is CCCCCCCC1c2cc(C)cc(C)c2OP(=O)([O-])Oc2c(C)cc(C)cc21.[Na+]. The Bertz CT molecular complexity index is 876. The zero-order valence-electron chi connectivity index (χ0n) is 19.2. The van der Waals surface area contributed by atoms with Gasteiger partial charge >= 0.3 is 37.4 Å². The van der Waals surface area contributed by atoms with Crippen LogP contribution in [0.4, 0.5) is 0 Å². The maximum atomic E-state index is 12.6. The van der Waals surface area contributed by atoms with Gasteiger partial charge in [-0.3, -0.25) is 0 Å². The molecule has 0 saturated heterocycles. The Balaban J connectivity index is 0.00000320. The number of hydrogen-bond acceptors (Lipinski definition) is 4. The first-order chi connectivity index (χ1) is 13.7. The molecule has 1 aliphatic heterocycles.